The van der Waals surface area contributed by atoms with E-state index in [0.29, 0.717) is 35.3 Å². The van der Waals surface area contributed by atoms with Crippen molar-refractivity contribution in [2.75, 3.05) is 25.1 Å². The number of carbonyl (C=O) groups excluding carboxylic acids is 2. The molecular weight excluding hydrogens is 318 g/mol. The summed E-state index contributed by atoms with van der Waals surface area (Å²) in [6.45, 7) is 0.839. The predicted molar refractivity (Wildman–Crippen MR) is 85.3 cm³/mol. The minimum atomic E-state index is -0.506. The molecule has 2 heterocycles. The molecule has 1 aliphatic heterocycles. The van der Waals surface area contributed by atoms with Crippen LogP contribution < -0.4 is 14.8 Å². The van der Waals surface area contributed by atoms with Gasteiger partial charge in [-0.3, -0.25) is 4.79 Å². The summed E-state index contributed by atoms with van der Waals surface area (Å²) in [5, 5.41) is 4.44. The lowest BCUT2D eigenvalue weighted by atomic mass is 10.2. The molecule has 0 saturated carbocycles. The van der Waals surface area contributed by atoms with E-state index in [0.717, 1.165) is 6.42 Å². The maximum atomic E-state index is 11.9. The Morgan fingerprint density at radius 2 is 2.00 bits per heavy atom. The molecule has 0 spiro atoms. The molecule has 0 unspecified atom stereocenters. The fourth-order valence-corrected chi connectivity index (χ4v) is 2.65. The third-order valence-electron chi connectivity index (χ3n) is 3.09. The highest BCUT2D eigenvalue weighted by molar-refractivity contribution is 7.11. The van der Waals surface area contributed by atoms with Crippen LogP contribution in [0.25, 0.3) is 0 Å². The van der Waals surface area contributed by atoms with Crippen molar-refractivity contribution in [3.63, 3.8) is 0 Å². The number of ether oxygens (including phenoxy) is 3. The lowest BCUT2D eigenvalue weighted by Crippen LogP contribution is -2.20. The second kappa shape index (κ2) is 7.15. The number of esters is 1. The zero-order valence-electron chi connectivity index (χ0n) is 12.2. The van der Waals surface area contributed by atoms with Crippen LogP contribution in [0.4, 0.5) is 5.69 Å². The second-order valence-electron chi connectivity index (χ2n) is 4.81. The van der Waals surface area contributed by atoms with Crippen molar-refractivity contribution in [2.45, 2.75) is 6.42 Å². The second-order valence-corrected chi connectivity index (χ2v) is 5.76. The van der Waals surface area contributed by atoms with Crippen molar-refractivity contribution in [1.29, 1.82) is 0 Å². The fraction of sp³-hybridized carbons (Fsp3) is 0.250. The van der Waals surface area contributed by atoms with Gasteiger partial charge in [-0.05, 0) is 23.6 Å². The minimum Gasteiger partial charge on any atom is -0.490 e. The van der Waals surface area contributed by atoms with Gasteiger partial charge in [-0.25, -0.2) is 4.79 Å². The van der Waals surface area contributed by atoms with Gasteiger partial charge < -0.3 is 19.5 Å². The Morgan fingerprint density at radius 1 is 1.17 bits per heavy atom. The zero-order chi connectivity index (χ0) is 16.1. The molecule has 1 aliphatic rings. The highest BCUT2D eigenvalue weighted by atomic mass is 32.1. The van der Waals surface area contributed by atoms with Gasteiger partial charge >= 0.3 is 5.97 Å². The number of anilines is 1. The Balaban J connectivity index is 1.55. The van der Waals surface area contributed by atoms with Gasteiger partial charge in [-0.1, -0.05) is 6.07 Å². The van der Waals surface area contributed by atoms with Crippen LogP contribution in [-0.4, -0.2) is 31.7 Å². The van der Waals surface area contributed by atoms with Crippen molar-refractivity contribution in [2.24, 2.45) is 0 Å². The van der Waals surface area contributed by atoms with Crippen molar-refractivity contribution in [3.05, 3.63) is 40.6 Å². The van der Waals surface area contributed by atoms with Crippen LogP contribution in [0.5, 0.6) is 11.5 Å². The molecule has 23 heavy (non-hydrogen) atoms. The summed E-state index contributed by atoms with van der Waals surface area (Å²) in [5.74, 6) is 0.332. The molecule has 1 aromatic carbocycles. The Labute approximate surface area is 137 Å². The standard InChI is InChI=1S/C16H15NO5S/c18-15(10-22-16(19)14-3-1-8-23-14)17-11-4-5-12-13(9-11)21-7-2-6-20-12/h1,3-5,8-9H,2,6-7,10H2,(H,17,18). The van der Waals surface area contributed by atoms with Gasteiger partial charge in [0.05, 0.1) is 13.2 Å². The maximum absolute atomic E-state index is 11.9. The van der Waals surface area contributed by atoms with Gasteiger partial charge in [0.25, 0.3) is 5.91 Å². The van der Waals surface area contributed by atoms with Crippen molar-refractivity contribution < 1.29 is 23.8 Å². The first-order chi connectivity index (χ1) is 11.2. The number of rotatable bonds is 4. The van der Waals surface area contributed by atoms with Gasteiger partial charge in [0.1, 0.15) is 4.88 Å². The summed E-state index contributed by atoms with van der Waals surface area (Å²) in [7, 11) is 0. The number of carbonyl (C=O) groups is 2. The third-order valence-corrected chi connectivity index (χ3v) is 3.94. The third kappa shape index (κ3) is 4.01. The predicted octanol–water partition coefficient (Wildman–Crippen LogP) is 2.70. The topological polar surface area (TPSA) is 73.9 Å². The molecule has 2 aromatic rings. The van der Waals surface area contributed by atoms with E-state index in [4.69, 9.17) is 14.2 Å². The van der Waals surface area contributed by atoms with E-state index in [1.807, 2.05) is 0 Å². The molecule has 0 fully saturated rings. The summed E-state index contributed by atoms with van der Waals surface area (Å²) < 4.78 is 16.0. The molecule has 0 atom stereocenters. The number of benzene rings is 1. The van der Waals surface area contributed by atoms with Gasteiger partial charge in [0.15, 0.2) is 18.1 Å². The molecule has 1 aromatic heterocycles. The number of thiophene rings is 1. The lowest BCUT2D eigenvalue weighted by Gasteiger charge is -2.10. The Hall–Kier alpha value is -2.54. The molecule has 0 saturated heterocycles. The molecule has 1 amide bonds. The first-order valence-corrected chi connectivity index (χ1v) is 8.00. The van der Waals surface area contributed by atoms with E-state index >= 15 is 0 Å². The quantitative estimate of drug-likeness (QED) is 0.871. The fourth-order valence-electron chi connectivity index (χ4n) is 2.04. The largest absolute Gasteiger partial charge is 0.490 e. The number of hydrogen-bond donors (Lipinski definition) is 1. The normalized spacial score (nSPS) is 13.0. The van der Waals surface area contributed by atoms with E-state index in [1.165, 1.54) is 11.3 Å². The average Bonchev–Trinajstić information content (AvgIpc) is 2.99. The van der Waals surface area contributed by atoms with Crippen LogP contribution in [0.1, 0.15) is 16.1 Å². The summed E-state index contributed by atoms with van der Waals surface area (Å²) >= 11 is 1.27. The monoisotopic (exact) mass is 333 g/mol. The van der Waals surface area contributed by atoms with Crippen LogP contribution >= 0.6 is 11.3 Å². The number of hydrogen-bond acceptors (Lipinski definition) is 6. The first-order valence-electron chi connectivity index (χ1n) is 7.12. The van der Waals surface area contributed by atoms with E-state index < -0.39 is 11.9 Å². The van der Waals surface area contributed by atoms with Gasteiger partial charge in [-0.2, -0.15) is 0 Å². The van der Waals surface area contributed by atoms with Crippen molar-refractivity contribution in [1.82, 2.24) is 0 Å². The van der Waals surface area contributed by atoms with E-state index in [2.05, 4.69) is 5.32 Å². The van der Waals surface area contributed by atoms with E-state index in [-0.39, 0.29) is 6.61 Å². The number of fused-ring (bicyclic) bond motifs is 1. The SMILES string of the molecule is O=C(COC(=O)c1cccs1)Nc1ccc2c(c1)OCCCO2. The smallest absolute Gasteiger partial charge is 0.348 e. The Bertz CT molecular complexity index is 699. The van der Waals surface area contributed by atoms with Crippen LogP contribution in [0.2, 0.25) is 0 Å². The highest BCUT2D eigenvalue weighted by Gasteiger charge is 2.14. The molecule has 7 heteroatoms. The van der Waals surface area contributed by atoms with Crippen molar-refractivity contribution >= 4 is 28.9 Å². The summed E-state index contributed by atoms with van der Waals surface area (Å²) in [4.78, 5) is 24.0. The highest BCUT2D eigenvalue weighted by Crippen LogP contribution is 2.32. The Morgan fingerprint density at radius 3 is 2.78 bits per heavy atom. The number of nitrogens with one attached hydrogen (secondary N) is 1. The minimum absolute atomic E-state index is 0.342. The zero-order valence-corrected chi connectivity index (χ0v) is 13.1. The van der Waals surface area contributed by atoms with Crippen molar-refractivity contribution in [3.8, 4) is 11.5 Å². The average molecular weight is 333 g/mol. The van der Waals surface area contributed by atoms with E-state index in [1.54, 1.807) is 35.7 Å². The molecule has 1 N–H and O–H groups in total. The Kier molecular flexibility index (Phi) is 4.77. The van der Waals surface area contributed by atoms with Gasteiger partial charge in [-0.15, -0.1) is 11.3 Å². The number of amides is 1. The first kappa shape index (κ1) is 15.4. The molecule has 0 bridgehead atoms. The molecule has 0 aliphatic carbocycles. The van der Waals surface area contributed by atoms with Crippen LogP contribution in [0, 0.1) is 0 Å². The summed E-state index contributed by atoms with van der Waals surface area (Å²) in [6, 6.07) is 8.55. The lowest BCUT2D eigenvalue weighted by molar-refractivity contribution is -0.119. The maximum Gasteiger partial charge on any atom is 0.348 e. The summed E-state index contributed by atoms with van der Waals surface area (Å²) in [5.41, 5.74) is 0.562. The molecule has 0 radical (unpaired) electrons. The van der Waals surface area contributed by atoms with Crippen LogP contribution in [-0.2, 0) is 9.53 Å². The molecular formula is C16H15NO5S. The molecule has 6 nitrogen and oxygen atoms in total. The van der Waals surface area contributed by atoms with E-state index in [9.17, 15) is 9.59 Å². The van der Waals surface area contributed by atoms with Gasteiger partial charge in [0, 0.05) is 18.2 Å². The molecule has 120 valence electrons. The van der Waals surface area contributed by atoms with Crippen LogP contribution in [0.15, 0.2) is 35.7 Å². The van der Waals surface area contributed by atoms with Gasteiger partial charge in [0.2, 0.25) is 0 Å². The summed E-state index contributed by atoms with van der Waals surface area (Å²) in [6.07, 6.45) is 0.815. The molecule has 3 rings (SSSR count). The van der Waals surface area contributed by atoms with Crippen LogP contribution in [0.3, 0.4) is 0 Å².